The second-order valence-corrected chi connectivity index (χ2v) is 3.07. The Bertz CT molecular complexity index is 480. The molecule has 0 aliphatic rings. The van der Waals surface area contributed by atoms with Crippen LogP contribution in [0.25, 0.3) is 11.3 Å². The molecule has 0 saturated carbocycles. The predicted octanol–water partition coefficient (Wildman–Crippen LogP) is 1.52. The number of nitrogens with zero attached hydrogens (tertiary/aromatic N) is 2. The predicted molar refractivity (Wildman–Crippen MR) is 52.0 cm³/mol. The van der Waals surface area contributed by atoms with Gasteiger partial charge < -0.3 is 4.57 Å². The summed E-state index contributed by atoms with van der Waals surface area (Å²) in [5.41, 5.74) is 1.94. The maximum absolute atomic E-state index is 7.71. The van der Waals surface area contributed by atoms with Crippen molar-refractivity contribution in [2.24, 2.45) is 14.1 Å². The lowest BCUT2D eigenvalue weighted by Gasteiger charge is -2.01. The van der Waals surface area contributed by atoms with E-state index in [1.807, 2.05) is 29.9 Å². The van der Waals surface area contributed by atoms with E-state index >= 15 is 0 Å². The Morgan fingerprint density at radius 3 is 2.54 bits per heavy atom. The molecule has 0 spiro atoms. The first-order chi connectivity index (χ1) is 7.09. The molecule has 0 aliphatic carbocycles. The molecule has 0 radical (unpaired) electrons. The van der Waals surface area contributed by atoms with Crippen LogP contribution in [-0.2, 0) is 14.1 Å². The van der Waals surface area contributed by atoms with Crippen molar-refractivity contribution in [3.63, 3.8) is 0 Å². The summed E-state index contributed by atoms with van der Waals surface area (Å²) in [6, 6.07) is 7.48. The molecule has 0 unspecified atom stereocenters. The number of pyridine rings is 1. The fourth-order valence-corrected chi connectivity index (χ4v) is 1.32. The fourth-order valence-electron chi connectivity index (χ4n) is 1.32. The standard InChI is InChI=1S/C11H13N2/c1-12-8-5-10(6-9-12)11-4-3-7-13(11)2/h3-9H,1-2H3/q+1/i8D,9D. The Labute approximate surface area is 80.9 Å². The van der Waals surface area contributed by atoms with E-state index in [4.69, 9.17) is 2.74 Å². The van der Waals surface area contributed by atoms with Crippen LogP contribution in [0, 0.1) is 0 Å². The van der Waals surface area contributed by atoms with Crippen LogP contribution in [0.4, 0.5) is 0 Å². The molecule has 0 fully saturated rings. The van der Waals surface area contributed by atoms with E-state index in [0.717, 1.165) is 11.3 Å². The van der Waals surface area contributed by atoms with Gasteiger partial charge in [0.15, 0.2) is 12.3 Å². The number of hydrogen-bond acceptors (Lipinski definition) is 0. The summed E-state index contributed by atoms with van der Waals surface area (Å²) in [6.45, 7) is 0. The highest BCUT2D eigenvalue weighted by molar-refractivity contribution is 5.58. The average molecular weight is 175 g/mol. The zero-order valence-electron chi connectivity index (χ0n) is 9.78. The van der Waals surface area contributed by atoms with Gasteiger partial charge in [0.1, 0.15) is 9.79 Å². The van der Waals surface area contributed by atoms with E-state index < -0.39 is 0 Å². The van der Waals surface area contributed by atoms with Gasteiger partial charge >= 0.3 is 0 Å². The SMILES string of the molecule is [2H]c1cc(-c2cccn2C)cc([2H])[n+]1C. The van der Waals surface area contributed by atoms with E-state index in [9.17, 15) is 0 Å². The van der Waals surface area contributed by atoms with Crippen LogP contribution in [0.5, 0.6) is 0 Å². The van der Waals surface area contributed by atoms with Gasteiger partial charge in [-0.15, -0.1) is 0 Å². The summed E-state index contributed by atoms with van der Waals surface area (Å²) in [7, 11) is 3.68. The summed E-state index contributed by atoms with van der Waals surface area (Å²) in [4.78, 5) is 0. The van der Waals surface area contributed by atoms with Crippen LogP contribution in [0.3, 0.4) is 0 Å². The monoisotopic (exact) mass is 175 g/mol. The largest absolute Gasteiger partial charge is 0.351 e. The lowest BCUT2D eigenvalue weighted by molar-refractivity contribution is -0.671. The van der Waals surface area contributed by atoms with Gasteiger partial charge in [-0.05, 0) is 12.1 Å². The molecular weight excluding hydrogens is 160 g/mol. The molecule has 66 valence electrons. The van der Waals surface area contributed by atoms with Crippen molar-refractivity contribution in [1.29, 1.82) is 0 Å². The quantitative estimate of drug-likeness (QED) is 0.581. The van der Waals surface area contributed by atoms with Gasteiger partial charge in [-0.2, -0.15) is 0 Å². The van der Waals surface area contributed by atoms with Crippen molar-refractivity contribution >= 4 is 0 Å². The molecule has 0 bridgehead atoms. The summed E-state index contributed by atoms with van der Waals surface area (Å²) in [5.74, 6) is 0. The third kappa shape index (κ3) is 1.47. The second kappa shape index (κ2) is 3.05. The van der Waals surface area contributed by atoms with Crippen LogP contribution in [0.2, 0.25) is 0 Å². The van der Waals surface area contributed by atoms with Crippen molar-refractivity contribution in [1.82, 2.24) is 4.57 Å². The van der Waals surface area contributed by atoms with E-state index in [-0.39, 0.29) is 0 Å². The fraction of sp³-hybridized carbons (Fsp3) is 0.182. The first-order valence-corrected chi connectivity index (χ1v) is 4.18. The number of hydrogen-bond donors (Lipinski definition) is 0. The Hall–Kier alpha value is -1.57. The minimum Gasteiger partial charge on any atom is -0.351 e. The van der Waals surface area contributed by atoms with Gasteiger partial charge in [0.2, 0.25) is 0 Å². The third-order valence-electron chi connectivity index (χ3n) is 2.07. The highest BCUT2D eigenvalue weighted by Gasteiger charge is 2.01. The minimum atomic E-state index is 0.346. The minimum absolute atomic E-state index is 0.346. The highest BCUT2D eigenvalue weighted by atomic mass is 14.9. The molecule has 2 heterocycles. The number of rotatable bonds is 1. The van der Waals surface area contributed by atoms with Crippen molar-refractivity contribution in [3.8, 4) is 11.3 Å². The molecular formula is C11H13N2+. The van der Waals surface area contributed by atoms with Gasteiger partial charge in [-0.25, -0.2) is 4.57 Å². The van der Waals surface area contributed by atoms with Crippen molar-refractivity contribution < 1.29 is 7.31 Å². The van der Waals surface area contributed by atoms with Crippen LogP contribution < -0.4 is 4.57 Å². The van der Waals surface area contributed by atoms with Gasteiger partial charge in [0.05, 0.1) is 0 Å². The van der Waals surface area contributed by atoms with Crippen molar-refractivity contribution in [3.05, 3.63) is 42.8 Å². The molecule has 2 rings (SSSR count). The molecule has 2 aromatic heterocycles. The van der Waals surface area contributed by atoms with Gasteiger partial charge in [0.25, 0.3) is 0 Å². The van der Waals surface area contributed by atoms with Crippen molar-refractivity contribution in [2.45, 2.75) is 0 Å². The average Bonchev–Trinajstić information content (AvgIpc) is 2.60. The highest BCUT2D eigenvalue weighted by Crippen LogP contribution is 2.16. The topological polar surface area (TPSA) is 8.81 Å². The molecule has 0 aromatic carbocycles. The summed E-state index contributed by atoms with van der Waals surface area (Å²) in [6.07, 6.45) is 2.65. The Morgan fingerprint density at radius 1 is 1.31 bits per heavy atom. The Morgan fingerprint density at radius 2 is 2.00 bits per heavy atom. The van der Waals surface area contributed by atoms with Gasteiger partial charge in [0, 0.05) is 36.6 Å². The first-order valence-electron chi connectivity index (χ1n) is 5.18. The normalized spacial score (nSPS) is 12.5. The number of aryl methyl sites for hydroxylation is 1. The molecule has 0 N–H and O–H groups in total. The lowest BCUT2D eigenvalue weighted by Crippen LogP contribution is -2.25. The van der Waals surface area contributed by atoms with Crippen LogP contribution in [0.15, 0.2) is 42.8 Å². The zero-order valence-corrected chi connectivity index (χ0v) is 7.78. The molecule has 0 amide bonds. The van der Waals surface area contributed by atoms with E-state index in [2.05, 4.69) is 0 Å². The molecule has 0 aliphatic heterocycles. The molecule has 13 heavy (non-hydrogen) atoms. The Kier molecular flexibility index (Phi) is 1.40. The van der Waals surface area contributed by atoms with E-state index in [1.54, 1.807) is 19.2 Å². The maximum Gasteiger partial charge on any atom is 0.169 e. The van der Waals surface area contributed by atoms with Crippen LogP contribution >= 0.6 is 0 Å². The molecule has 0 saturated heterocycles. The van der Waals surface area contributed by atoms with Crippen molar-refractivity contribution in [2.75, 3.05) is 0 Å². The first kappa shape index (κ1) is 5.97. The van der Waals surface area contributed by atoms with Gasteiger partial charge in [-0.3, -0.25) is 0 Å². The molecule has 2 heteroatoms. The van der Waals surface area contributed by atoms with Crippen LogP contribution in [-0.4, -0.2) is 4.57 Å². The Balaban J connectivity index is 2.60. The lowest BCUT2D eigenvalue weighted by atomic mass is 10.2. The summed E-state index contributed by atoms with van der Waals surface area (Å²) < 4.78 is 18.9. The van der Waals surface area contributed by atoms with Crippen LogP contribution in [0.1, 0.15) is 2.74 Å². The molecule has 2 aromatic rings. The summed E-state index contributed by atoms with van der Waals surface area (Å²) in [5, 5.41) is 0. The van der Waals surface area contributed by atoms with Gasteiger partial charge in [-0.1, -0.05) is 0 Å². The zero-order chi connectivity index (χ0) is 11.0. The summed E-state index contributed by atoms with van der Waals surface area (Å²) >= 11 is 0. The van der Waals surface area contributed by atoms with E-state index in [0.29, 0.717) is 12.3 Å². The van der Waals surface area contributed by atoms with E-state index in [1.165, 1.54) is 4.57 Å². The maximum atomic E-state index is 7.71. The molecule has 2 nitrogen and oxygen atoms in total. The smallest absolute Gasteiger partial charge is 0.169 e. The third-order valence-corrected chi connectivity index (χ3v) is 2.07. The second-order valence-electron chi connectivity index (χ2n) is 3.07. The molecule has 0 atom stereocenters. The number of aromatic nitrogens is 2.